The van der Waals surface area contributed by atoms with Crippen LogP contribution in [0.3, 0.4) is 0 Å². The Kier molecular flexibility index (Phi) is 4.99. The first kappa shape index (κ1) is 17.5. The van der Waals surface area contributed by atoms with E-state index in [1.54, 1.807) is 4.90 Å². The predicted octanol–water partition coefficient (Wildman–Crippen LogP) is 5.08. The molecule has 24 heavy (non-hydrogen) atoms. The molecule has 124 valence electrons. The zero-order chi connectivity index (χ0) is 17.4. The fraction of sp³-hybridized carbons (Fsp3) is 0.222. The van der Waals surface area contributed by atoms with Crippen molar-refractivity contribution in [2.45, 2.75) is 20.8 Å². The van der Waals surface area contributed by atoms with Gasteiger partial charge in [0.2, 0.25) is 0 Å². The molecule has 3 rings (SSSR count). The van der Waals surface area contributed by atoms with Crippen molar-refractivity contribution >= 4 is 56.2 Å². The van der Waals surface area contributed by atoms with Gasteiger partial charge in [-0.3, -0.25) is 9.69 Å². The maximum atomic E-state index is 12.4. The first-order valence-electron chi connectivity index (χ1n) is 7.62. The molecule has 0 unspecified atom stereocenters. The molecule has 0 radical (unpaired) electrons. The molecule has 0 aliphatic carbocycles. The Morgan fingerprint density at radius 2 is 1.92 bits per heavy atom. The van der Waals surface area contributed by atoms with Gasteiger partial charge in [0.05, 0.1) is 4.91 Å². The molecule has 1 fully saturated rings. The largest absolute Gasteiger partial charge is 0.318 e. The van der Waals surface area contributed by atoms with Crippen molar-refractivity contribution in [3.8, 4) is 5.69 Å². The lowest BCUT2D eigenvalue weighted by Gasteiger charge is -2.10. The highest BCUT2D eigenvalue weighted by atomic mass is 79.9. The summed E-state index contributed by atoms with van der Waals surface area (Å²) in [6.45, 7) is 6.69. The molecule has 3 nitrogen and oxygen atoms in total. The van der Waals surface area contributed by atoms with E-state index in [1.807, 2.05) is 25.1 Å². The standard InChI is InChI=1S/C18H17BrN2OS2/c1-4-20-17(22)16(24-18(20)23)10-13-9-11(2)21(12(13)3)15-7-5-14(19)6-8-15/h5-10H,4H2,1-3H3/b16-10+. The third-order valence-corrected chi connectivity index (χ3v) is 5.94. The number of halogens is 1. The highest BCUT2D eigenvalue weighted by molar-refractivity contribution is 9.10. The van der Waals surface area contributed by atoms with Gasteiger partial charge in [-0.1, -0.05) is 39.9 Å². The summed E-state index contributed by atoms with van der Waals surface area (Å²) in [6.07, 6.45) is 1.95. The fourth-order valence-electron chi connectivity index (χ4n) is 2.84. The number of carbonyl (C=O) groups excluding carboxylic acids is 1. The molecule has 0 saturated carbocycles. The monoisotopic (exact) mass is 420 g/mol. The van der Waals surface area contributed by atoms with Gasteiger partial charge < -0.3 is 4.57 Å². The van der Waals surface area contributed by atoms with Crippen LogP contribution in [-0.2, 0) is 4.79 Å². The number of thiocarbonyl (C=S) groups is 1. The average molecular weight is 421 g/mol. The van der Waals surface area contributed by atoms with Crippen LogP contribution in [0.2, 0.25) is 0 Å². The summed E-state index contributed by atoms with van der Waals surface area (Å²) in [4.78, 5) is 14.7. The van der Waals surface area contributed by atoms with Crippen LogP contribution in [0.1, 0.15) is 23.9 Å². The van der Waals surface area contributed by atoms with Crippen LogP contribution in [-0.4, -0.2) is 26.2 Å². The van der Waals surface area contributed by atoms with Crippen LogP contribution < -0.4 is 0 Å². The summed E-state index contributed by atoms with van der Waals surface area (Å²) in [6, 6.07) is 10.3. The van der Waals surface area contributed by atoms with Crippen LogP contribution in [0.25, 0.3) is 11.8 Å². The number of aryl methyl sites for hydroxylation is 1. The van der Waals surface area contributed by atoms with Crippen molar-refractivity contribution in [3.63, 3.8) is 0 Å². The molecule has 1 aliphatic rings. The Balaban J connectivity index is 2.01. The second kappa shape index (κ2) is 6.86. The van der Waals surface area contributed by atoms with Crippen molar-refractivity contribution in [2.24, 2.45) is 0 Å². The van der Waals surface area contributed by atoms with Gasteiger partial charge in [-0.25, -0.2) is 0 Å². The van der Waals surface area contributed by atoms with E-state index >= 15 is 0 Å². The molecule has 0 N–H and O–H groups in total. The molecule has 0 spiro atoms. The summed E-state index contributed by atoms with van der Waals surface area (Å²) < 4.78 is 3.88. The Bertz CT molecular complexity index is 853. The van der Waals surface area contributed by atoms with E-state index in [0.29, 0.717) is 15.8 Å². The molecule has 2 heterocycles. The highest BCUT2D eigenvalue weighted by Crippen LogP contribution is 2.33. The van der Waals surface area contributed by atoms with Crippen molar-refractivity contribution in [1.82, 2.24) is 9.47 Å². The van der Waals surface area contributed by atoms with Crippen LogP contribution in [0, 0.1) is 13.8 Å². The molecule has 0 bridgehead atoms. The number of hydrogen-bond acceptors (Lipinski definition) is 3. The molecule has 2 aromatic rings. The van der Waals surface area contributed by atoms with E-state index in [4.69, 9.17) is 12.2 Å². The molecular weight excluding hydrogens is 404 g/mol. The van der Waals surface area contributed by atoms with Crippen molar-refractivity contribution in [2.75, 3.05) is 6.54 Å². The van der Waals surface area contributed by atoms with E-state index < -0.39 is 0 Å². The Labute approximate surface area is 159 Å². The number of thioether (sulfide) groups is 1. The highest BCUT2D eigenvalue weighted by Gasteiger charge is 2.30. The number of nitrogens with zero attached hydrogens (tertiary/aromatic N) is 2. The van der Waals surface area contributed by atoms with Gasteiger partial charge in [0.25, 0.3) is 5.91 Å². The molecule has 0 atom stereocenters. The first-order valence-corrected chi connectivity index (χ1v) is 9.64. The van der Waals surface area contributed by atoms with Crippen LogP contribution >= 0.6 is 39.9 Å². The average Bonchev–Trinajstić information content (AvgIpc) is 2.97. The van der Waals surface area contributed by atoms with Crippen LogP contribution in [0.5, 0.6) is 0 Å². The van der Waals surface area contributed by atoms with Crippen LogP contribution in [0.4, 0.5) is 0 Å². The van der Waals surface area contributed by atoms with Gasteiger partial charge in [0.1, 0.15) is 4.32 Å². The molecule has 1 amide bonds. The molecule has 1 aromatic carbocycles. The molecule has 1 saturated heterocycles. The second-order valence-electron chi connectivity index (χ2n) is 5.56. The molecule has 6 heteroatoms. The minimum atomic E-state index is 0.000875. The van der Waals surface area contributed by atoms with E-state index in [1.165, 1.54) is 11.8 Å². The number of aromatic nitrogens is 1. The lowest BCUT2D eigenvalue weighted by molar-refractivity contribution is -0.121. The number of benzene rings is 1. The van der Waals surface area contributed by atoms with Gasteiger partial charge >= 0.3 is 0 Å². The van der Waals surface area contributed by atoms with E-state index in [0.717, 1.165) is 27.1 Å². The summed E-state index contributed by atoms with van der Waals surface area (Å²) in [5, 5.41) is 0. The minimum Gasteiger partial charge on any atom is -0.318 e. The number of hydrogen-bond donors (Lipinski definition) is 0. The molecule has 1 aliphatic heterocycles. The summed E-state index contributed by atoms with van der Waals surface area (Å²) in [5.74, 6) is 0.000875. The number of amides is 1. The number of carbonyl (C=O) groups is 1. The van der Waals surface area contributed by atoms with Gasteiger partial charge in [0.15, 0.2) is 0 Å². The summed E-state index contributed by atoms with van der Waals surface area (Å²) >= 11 is 10.1. The van der Waals surface area contributed by atoms with Gasteiger partial charge in [0, 0.05) is 28.1 Å². The summed E-state index contributed by atoms with van der Waals surface area (Å²) in [5.41, 5.74) is 4.39. The normalized spacial score (nSPS) is 16.5. The lowest BCUT2D eigenvalue weighted by atomic mass is 10.2. The zero-order valence-corrected chi connectivity index (χ0v) is 16.9. The fourth-order valence-corrected chi connectivity index (χ4v) is 4.47. The van der Waals surface area contributed by atoms with Gasteiger partial charge in [-0.15, -0.1) is 0 Å². The Morgan fingerprint density at radius 1 is 1.25 bits per heavy atom. The Hall–Kier alpha value is -1.37. The maximum absolute atomic E-state index is 12.4. The minimum absolute atomic E-state index is 0.000875. The smallest absolute Gasteiger partial charge is 0.266 e. The third kappa shape index (κ3) is 3.10. The SMILES string of the molecule is CCN1C(=O)/C(=C\c2cc(C)n(-c3ccc(Br)cc3)c2C)SC1=S. The lowest BCUT2D eigenvalue weighted by Crippen LogP contribution is -2.27. The number of likely N-dealkylation sites (N-methyl/N-ethyl adjacent to an activating group) is 1. The van der Waals surface area contributed by atoms with E-state index in [-0.39, 0.29) is 5.91 Å². The Morgan fingerprint density at radius 3 is 2.50 bits per heavy atom. The van der Waals surface area contributed by atoms with Gasteiger partial charge in [-0.05, 0) is 62.7 Å². The van der Waals surface area contributed by atoms with E-state index in [2.05, 4.69) is 52.5 Å². The third-order valence-electron chi connectivity index (χ3n) is 4.03. The second-order valence-corrected chi connectivity index (χ2v) is 8.16. The topological polar surface area (TPSA) is 25.2 Å². The zero-order valence-electron chi connectivity index (χ0n) is 13.7. The first-order chi connectivity index (χ1) is 11.4. The predicted molar refractivity (Wildman–Crippen MR) is 108 cm³/mol. The van der Waals surface area contributed by atoms with Gasteiger partial charge in [-0.2, -0.15) is 0 Å². The number of rotatable bonds is 3. The van der Waals surface area contributed by atoms with Crippen molar-refractivity contribution in [1.29, 1.82) is 0 Å². The molecule has 1 aromatic heterocycles. The van der Waals surface area contributed by atoms with Crippen molar-refractivity contribution in [3.05, 3.63) is 56.7 Å². The van der Waals surface area contributed by atoms with E-state index in [9.17, 15) is 4.79 Å². The summed E-state index contributed by atoms with van der Waals surface area (Å²) in [7, 11) is 0. The maximum Gasteiger partial charge on any atom is 0.266 e. The van der Waals surface area contributed by atoms with Crippen molar-refractivity contribution < 1.29 is 4.79 Å². The quantitative estimate of drug-likeness (QED) is 0.511. The van der Waals surface area contributed by atoms with Crippen LogP contribution in [0.15, 0.2) is 39.7 Å². The molecular formula is C18H17BrN2OS2.